The average Bonchev–Trinajstić information content (AvgIpc) is 3.51. The predicted molar refractivity (Wildman–Crippen MR) is 117 cm³/mol. The lowest BCUT2D eigenvalue weighted by Gasteiger charge is -2.27. The van der Waals surface area contributed by atoms with Gasteiger partial charge in [-0.15, -0.1) is 0 Å². The van der Waals surface area contributed by atoms with Crippen LogP contribution in [0.15, 0.2) is 36.5 Å². The molecular weight excluding hydrogens is 390 g/mol. The minimum absolute atomic E-state index is 0.0910. The standard InChI is InChI=1S/C23H29N7O/c1-4-30-11-19(16(2)27-30)10-28-12-20-13-29(21(31)18-8-6-5-7-9-18)15-23(20,14-28)22-24-17(3)25-26-22/h5-9,11,20H,4,10,12-15H2,1-3H3,(H,24,25,26)/t20-,23-/m1/s1. The van der Waals surface area contributed by atoms with Crippen molar-refractivity contribution in [1.29, 1.82) is 0 Å². The van der Waals surface area contributed by atoms with Crippen molar-refractivity contribution in [2.45, 2.75) is 39.3 Å². The van der Waals surface area contributed by atoms with Gasteiger partial charge in [0.1, 0.15) is 5.82 Å². The second-order valence-electron chi connectivity index (χ2n) is 8.91. The molecule has 1 amide bonds. The first-order valence-electron chi connectivity index (χ1n) is 11.0. The average molecular weight is 420 g/mol. The largest absolute Gasteiger partial charge is 0.337 e. The van der Waals surface area contributed by atoms with E-state index in [2.05, 4.69) is 40.2 Å². The molecule has 0 aliphatic carbocycles. The summed E-state index contributed by atoms with van der Waals surface area (Å²) >= 11 is 0. The first kappa shape index (κ1) is 19.9. The molecule has 8 heteroatoms. The van der Waals surface area contributed by atoms with Crippen LogP contribution < -0.4 is 0 Å². The summed E-state index contributed by atoms with van der Waals surface area (Å²) in [6.07, 6.45) is 2.15. The molecule has 2 aliphatic heterocycles. The molecule has 1 N–H and O–H groups in total. The van der Waals surface area contributed by atoms with Gasteiger partial charge in [-0.3, -0.25) is 19.5 Å². The number of aromatic amines is 1. The van der Waals surface area contributed by atoms with Gasteiger partial charge in [0.25, 0.3) is 5.91 Å². The number of H-pyrrole nitrogens is 1. The van der Waals surface area contributed by atoms with Crippen LogP contribution in [0.5, 0.6) is 0 Å². The highest BCUT2D eigenvalue weighted by Crippen LogP contribution is 2.44. The maximum absolute atomic E-state index is 13.2. The number of amides is 1. The second-order valence-corrected chi connectivity index (χ2v) is 8.91. The molecule has 31 heavy (non-hydrogen) atoms. The van der Waals surface area contributed by atoms with Crippen molar-refractivity contribution >= 4 is 5.91 Å². The quantitative estimate of drug-likeness (QED) is 0.685. The number of nitrogens with one attached hydrogen (secondary N) is 1. The Morgan fingerprint density at radius 3 is 2.68 bits per heavy atom. The fourth-order valence-corrected chi connectivity index (χ4v) is 5.21. The van der Waals surface area contributed by atoms with Gasteiger partial charge in [-0.05, 0) is 32.9 Å². The number of aromatic nitrogens is 5. The Labute approximate surface area is 182 Å². The summed E-state index contributed by atoms with van der Waals surface area (Å²) in [6.45, 7) is 11.0. The third-order valence-corrected chi connectivity index (χ3v) is 6.80. The number of hydrogen-bond donors (Lipinski definition) is 1. The fourth-order valence-electron chi connectivity index (χ4n) is 5.21. The lowest BCUT2D eigenvalue weighted by Crippen LogP contribution is -2.40. The highest BCUT2D eigenvalue weighted by atomic mass is 16.2. The van der Waals surface area contributed by atoms with Gasteiger partial charge >= 0.3 is 0 Å². The van der Waals surface area contributed by atoms with Gasteiger partial charge in [0, 0.05) is 62.5 Å². The zero-order valence-corrected chi connectivity index (χ0v) is 18.4. The van der Waals surface area contributed by atoms with Crippen LogP contribution in [0.25, 0.3) is 0 Å². The molecule has 2 atom stereocenters. The Hall–Kier alpha value is -3.00. The number of likely N-dealkylation sites (tertiary alicyclic amines) is 2. The number of nitrogens with zero attached hydrogens (tertiary/aromatic N) is 6. The van der Waals surface area contributed by atoms with E-state index < -0.39 is 0 Å². The summed E-state index contributed by atoms with van der Waals surface area (Å²) < 4.78 is 2.00. The SMILES string of the molecule is CCn1cc(CN2C[C@@H]3CN(C(=O)c4ccccc4)C[C@]3(c3n[nH]c(C)n3)C2)c(C)n1. The Morgan fingerprint density at radius 1 is 1.19 bits per heavy atom. The van der Waals surface area contributed by atoms with Crippen LogP contribution in [0.3, 0.4) is 0 Å². The lowest BCUT2D eigenvalue weighted by molar-refractivity contribution is 0.0769. The molecule has 3 aromatic rings. The van der Waals surface area contributed by atoms with Crippen molar-refractivity contribution < 1.29 is 4.79 Å². The van der Waals surface area contributed by atoms with Crippen LogP contribution in [-0.4, -0.2) is 66.8 Å². The molecule has 2 fully saturated rings. The normalized spacial score (nSPS) is 23.5. The number of aryl methyl sites for hydroxylation is 3. The molecule has 0 radical (unpaired) electrons. The van der Waals surface area contributed by atoms with Crippen molar-refractivity contribution in [3.05, 3.63) is 65.0 Å². The van der Waals surface area contributed by atoms with Crippen LogP contribution in [0.2, 0.25) is 0 Å². The van der Waals surface area contributed by atoms with Gasteiger partial charge in [0.15, 0.2) is 5.82 Å². The molecule has 5 rings (SSSR count). The number of carbonyl (C=O) groups is 1. The molecule has 0 saturated carbocycles. The van der Waals surface area contributed by atoms with E-state index in [9.17, 15) is 4.79 Å². The van der Waals surface area contributed by atoms with Crippen LogP contribution >= 0.6 is 0 Å². The number of rotatable bonds is 5. The Kier molecular flexibility index (Phi) is 4.89. The minimum atomic E-state index is -0.246. The van der Waals surface area contributed by atoms with Crippen LogP contribution in [0.1, 0.15) is 40.2 Å². The summed E-state index contributed by atoms with van der Waals surface area (Å²) in [4.78, 5) is 22.4. The van der Waals surface area contributed by atoms with E-state index in [1.165, 1.54) is 5.56 Å². The number of hydrogen-bond acceptors (Lipinski definition) is 5. The first-order chi connectivity index (χ1) is 15.0. The lowest BCUT2D eigenvalue weighted by atomic mass is 9.80. The topological polar surface area (TPSA) is 82.9 Å². The second kappa shape index (κ2) is 7.60. The molecule has 0 bridgehead atoms. The Morgan fingerprint density at radius 2 is 2.00 bits per heavy atom. The van der Waals surface area contributed by atoms with Crippen molar-refractivity contribution in [3.8, 4) is 0 Å². The van der Waals surface area contributed by atoms with E-state index in [4.69, 9.17) is 4.98 Å². The van der Waals surface area contributed by atoms with Crippen LogP contribution in [0.4, 0.5) is 0 Å². The molecule has 0 spiro atoms. The van der Waals surface area contributed by atoms with E-state index in [0.717, 1.165) is 55.6 Å². The molecule has 2 aliphatic rings. The summed E-state index contributed by atoms with van der Waals surface area (Å²) in [5.74, 6) is 2.04. The van der Waals surface area contributed by atoms with E-state index in [1.807, 2.05) is 46.8 Å². The highest BCUT2D eigenvalue weighted by Gasteiger charge is 2.56. The van der Waals surface area contributed by atoms with E-state index >= 15 is 0 Å². The molecule has 2 aromatic heterocycles. The van der Waals surface area contributed by atoms with E-state index in [1.54, 1.807) is 0 Å². The molecule has 162 valence electrons. The van der Waals surface area contributed by atoms with Crippen LogP contribution in [-0.2, 0) is 18.5 Å². The summed E-state index contributed by atoms with van der Waals surface area (Å²) in [5, 5.41) is 12.2. The van der Waals surface area contributed by atoms with Gasteiger partial charge in [-0.25, -0.2) is 4.98 Å². The van der Waals surface area contributed by atoms with Gasteiger partial charge in [-0.2, -0.15) is 10.2 Å². The highest BCUT2D eigenvalue weighted by molar-refractivity contribution is 5.94. The molecule has 2 saturated heterocycles. The minimum Gasteiger partial charge on any atom is -0.337 e. The monoisotopic (exact) mass is 419 g/mol. The van der Waals surface area contributed by atoms with E-state index in [-0.39, 0.29) is 11.3 Å². The number of benzene rings is 1. The first-order valence-corrected chi connectivity index (χ1v) is 11.0. The van der Waals surface area contributed by atoms with Gasteiger partial charge < -0.3 is 4.90 Å². The van der Waals surface area contributed by atoms with Gasteiger partial charge in [0.2, 0.25) is 0 Å². The third kappa shape index (κ3) is 3.44. The van der Waals surface area contributed by atoms with Crippen molar-refractivity contribution in [2.75, 3.05) is 26.2 Å². The van der Waals surface area contributed by atoms with E-state index in [0.29, 0.717) is 12.5 Å². The fraction of sp³-hybridized carbons (Fsp3) is 0.478. The molecular formula is C23H29N7O. The number of fused-ring (bicyclic) bond motifs is 1. The van der Waals surface area contributed by atoms with Crippen molar-refractivity contribution in [1.82, 2.24) is 34.8 Å². The molecule has 4 heterocycles. The maximum Gasteiger partial charge on any atom is 0.253 e. The van der Waals surface area contributed by atoms with Gasteiger partial charge in [0.05, 0.1) is 11.1 Å². The molecule has 8 nitrogen and oxygen atoms in total. The van der Waals surface area contributed by atoms with Crippen molar-refractivity contribution in [3.63, 3.8) is 0 Å². The van der Waals surface area contributed by atoms with Gasteiger partial charge in [-0.1, -0.05) is 18.2 Å². The zero-order chi connectivity index (χ0) is 21.6. The number of carbonyl (C=O) groups excluding carboxylic acids is 1. The van der Waals surface area contributed by atoms with Crippen molar-refractivity contribution in [2.24, 2.45) is 5.92 Å². The Bertz CT molecular complexity index is 1090. The summed E-state index contributed by atoms with van der Waals surface area (Å²) in [5.41, 5.74) is 2.84. The summed E-state index contributed by atoms with van der Waals surface area (Å²) in [6, 6.07) is 9.55. The Balaban J connectivity index is 1.41. The maximum atomic E-state index is 13.2. The third-order valence-electron chi connectivity index (χ3n) is 6.80. The summed E-state index contributed by atoms with van der Waals surface area (Å²) in [7, 11) is 0. The molecule has 1 aromatic carbocycles. The molecule has 0 unspecified atom stereocenters. The zero-order valence-electron chi connectivity index (χ0n) is 18.4. The smallest absolute Gasteiger partial charge is 0.253 e. The van der Waals surface area contributed by atoms with Crippen LogP contribution in [0, 0.1) is 19.8 Å². The predicted octanol–water partition coefficient (Wildman–Crippen LogP) is 2.16.